The number of carbonyl (C=O) groups is 1. The zero-order chi connectivity index (χ0) is 16.0. The Hall–Kier alpha value is -1.24. The maximum Gasteiger partial charge on any atom is 0.416 e. The highest BCUT2D eigenvalue weighted by molar-refractivity contribution is 7.99. The summed E-state index contributed by atoms with van der Waals surface area (Å²) >= 11 is 1.69. The molecule has 7 heteroatoms. The van der Waals surface area contributed by atoms with E-state index in [0.29, 0.717) is 24.6 Å². The fraction of sp³-hybridized carbons (Fsp3) is 0.500. The first kappa shape index (κ1) is 17.8. The number of hydrogen-bond donors (Lipinski definition) is 1. The third-order valence-electron chi connectivity index (χ3n) is 2.82. The highest BCUT2D eigenvalue weighted by Gasteiger charge is 2.32. The van der Waals surface area contributed by atoms with Crippen LogP contribution in [0.2, 0.25) is 0 Å². The molecule has 0 heterocycles. The van der Waals surface area contributed by atoms with Gasteiger partial charge in [0.25, 0.3) is 5.91 Å². The fourth-order valence-electron chi connectivity index (χ4n) is 1.65. The van der Waals surface area contributed by atoms with Crippen molar-refractivity contribution in [2.75, 3.05) is 11.5 Å². The van der Waals surface area contributed by atoms with Crippen molar-refractivity contribution in [2.45, 2.75) is 32.5 Å². The topological polar surface area (TPSA) is 29.1 Å². The van der Waals surface area contributed by atoms with Crippen molar-refractivity contribution in [3.05, 3.63) is 35.1 Å². The van der Waals surface area contributed by atoms with E-state index in [1.54, 1.807) is 18.7 Å². The van der Waals surface area contributed by atoms with Crippen molar-refractivity contribution < 1.29 is 22.4 Å². The number of benzene rings is 1. The van der Waals surface area contributed by atoms with Crippen molar-refractivity contribution >= 4 is 17.7 Å². The summed E-state index contributed by atoms with van der Waals surface area (Å²) in [5, 5.41) is 2.51. The van der Waals surface area contributed by atoms with Crippen molar-refractivity contribution in [3.8, 4) is 0 Å². The number of amides is 1. The molecule has 0 aromatic heterocycles. The number of thioether (sulfide) groups is 1. The summed E-state index contributed by atoms with van der Waals surface area (Å²) in [5.41, 5.74) is -1.62. The normalized spacial score (nSPS) is 13.0. The molecule has 118 valence electrons. The largest absolute Gasteiger partial charge is 0.416 e. The summed E-state index contributed by atoms with van der Waals surface area (Å²) in [6.45, 7) is 3.74. The third-order valence-corrected chi connectivity index (χ3v) is 3.75. The molecule has 1 amide bonds. The minimum Gasteiger partial charge on any atom is -0.349 e. The number of nitrogens with one attached hydrogen (secondary N) is 1. The Balaban J connectivity index is 2.78. The summed E-state index contributed by atoms with van der Waals surface area (Å²) in [6, 6.07) is 1.59. The van der Waals surface area contributed by atoms with Crippen LogP contribution in [0.4, 0.5) is 17.6 Å². The average Bonchev–Trinajstić information content (AvgIpc) is 2.37. The van der Waals surface area contributed by atoms with Crippen LogP contribution >= 0.6 is 11.8 Å². The van der Waals surface area contributed by atoms with Crippen LogP contribution in [0.5, 0.6) is 0 Å². The van der Waals surface area contributed by atoms with Crippen LogP contribution in [0.3, 0.4) is 0 Å². The average molecular weight is 323 g/mol. The maximum atomic E-state index is 13.5. The van der Waals surface area contributed by atoms with Gasteiger partial charge in [-0.1, -0.05) is 6.92 Å². The van der Waals surface area contributed by atoms with E-state index in [2.05, 4.69) is 5.32 Å². The van der Waals surface area contributed by atoms with Crippen LogP contribution in [0.1, 0.15) is 36.2 Å². The van der Waals surface area contributed by atoms with Crippen LogP contribution < -0.4 is 5.32 Å². The number of hydrogen-bond acceptors (Lipinski definition) is 2. The summed E-state index contributed by atoms with van der Waals surface area (Å²) in [6.07, 6.45) is -3.93. The monoisotopic (exact) mass is 323 g/mol. The third kappa shape index (κ3) is 5.57. The molecule has 2 nitrogen and oxygen atoms in total. The Morgan fingerprint density at radius 1 is 1.38 bits per heavy atom. The summed E-state index contributed by atoms with van der Waals surface area (Å²) in [5.74, 6) is -0.0189. The number of halogens is 4. The van der Waals surface area contributed by atoms with E-state index < -0.39 is 29.0 Å². The van der Waals surface area contributed by atoms with Gasteiger partial charge in [0.1, 0.15) is 5.82 Å². The van der Waals surface area contributed by atoms with E-state index >= 15 is 0 Å². The van der Waals surface area contributed by atoms with Gasteiger partial charge >= 0.3 is 6.18 Å². The smallest absolute Gasteiger partial charge is 0.349 e. The zero-order valence-electron chi connectivity index (χ0n) is 11.8. The minimum absolute atomic E-state index is 0.231. The first-order valence-corrected chi connectivity index (χ1v) is 7.66. The Labute approximate surface area is 125 Å². The minimum atomic E-state index is -4.61. The van der Waals surface area contributed by atoms with Crippen LogP contribution in [-0.2, 0) is 6.18 Å². The van der Waals surface area contributed by atoms with Gasteiger partial charge in [0, 0.05) is 6.04 Å². The van der Waals surface area contributed by atoms with E-state index in [1.807, 2.05) is 6.92 Å². The quantitative estimate of drug-likeness (QED) is 0.631. The van der Waals surface area contributed by atoms with E-state index in [4.69, 9.17) is 0 Å². The highest BCUT2D eigenvalue weighted by Crippen LogP contribution is 2.30. The predicted octanol–water partition coefficient (Wildman–Crippen LogP) is 4.11. The highest BCUT2D eigenvalue weighted by atomic mass is 32.2. The molecular formula is C14H17F4NOS. The fourth-order valence-corrected chi connectivity index (χ4v) is 2.46. The number of alkyl halides is 3. The van der Waals surface area contributed by atoms with Crippen LogP contribution in [0.15, 0.2) is 18.2 Å². The van der Waals surface area contributed by atoms with Gasteiger partial charge in [0.05, 0.1) is 11.1 Å². The summed E-state index contributed by atoms with van der Waals surface area (Å²) in [7, 11) is 0. The van der Waals surface area contributed by atoms with Gasteiger partial charge in [-0.05, 0) is 43.0 Å². The second-order valence-electron chi connectivity index (χ2n) is 4.55. The lowest BCUT2D eigenvalue weighted by atomic mass is 10.1. The van der Waals surface area contributed by atoms with Crippen LogP contribution in [0.25, 0.3) is 0 Å². The Morgan fingerprint density at radius 3 is 2.62 bits per heavy atom. The van der Waals surface area contributed by atoms with Gasteiger partial charge in [-0.2, -0.15) is 24.9 Å². The number of rotatable bonds is 6. The second-order valence-corrected chi connectivity index (χ2v) is 5.95. The molecule has 21 heavy (non-hydrogen) atoms. The maximum absolute atomic E-state index is 13.5. The molecular weight excluding hydrogens is 306 g/mol. The lowest BCUT2D eigenvalue weighted by Gasteiger charge is -2.15. The summed E-state index contributed by atoms with van der Waals surface area (Å²) in [4.78, 5) is 11.9. The van der Waals surface area contributed by atoms with Crippen molar-refractivity contribution in [1.82, 2.24) is 5.32 Å². The predicted molar refractivity (Wildman–Crippen MR) is 75.9 cm³/mol. The van der Waals surface area contributed by atoms with Crippen molar-refractivity contribution in [3.63, 3.8) is 0 Å². The molecule has 0 aliphatic heterocycles. The molecule has 0 aliphatic rings. The Bertz CT molecular complexity index is 490. The van der Waals surface area contributed by atoms with Crippen LogP contribution in [0, 0.1) is 5.82 Å². The molecule has 1 aromatic carbocycles. The molecule has 1 rings (SSSR count). The van der Waals surface area contributed by atoms with Gasteiger partial charge in [0.15, 0.2) is 0 Å². The van der Waals surface area contributed by atoms with Gasteiger partial charge in [-0.15, -0.1) is 0 Å². The van der Waals surface area contributed by atoms with Gasteiger partial charge in [-0.25, -0.2) is 4.39 Å². The molecule has 1 unspecified atom stereocenters. The van der Waals surface area contributed by atoms with E-state index in [1.165, 1.54) is 0 Å². The first-order valence-electron chi connectivity index (χ1n) is 6.51. The number of carbonyl (C=O) groups excluding carboxylic acids is 1. The zero-order valence-corrected chi connectivity index (χ0v) is 12.6. The molecule has 1 aromatic rings. The van der Waals surface area contributed by atoms with Gasteiger partial charge in [-0.3, -0.25) is 4.79 Å². The van der Waals surface area contributed by atoms with E-state index in [0.717, 1.165) is 11.5 Å². The first-order chi connectivity index (χ1) is 9.75. The van der Waals surface area contributed by atoms with Gasteiger partial charge < -0.3 is 5.32 Å². The Morgan fingerprint density at radius 2 is 2.05 bits per heavy atom. The van der Waals surface area contributed by atoms with E-state index in [9.17, 15) is 22.4 Å². The molecule has 1 atom stereocenters. The lowest BCUT2D eigenvalue weighted by Crippen LogP contribution is -2.33. The summed E-state index contributed by atoms with van der Waals surface area (Å²) < 4.78 is 51.3. The SMILES string of the molecule is CCSCCC(C)NC(=O)c1cc(C(F)(F)F)ccc1F. The van der Waals surface area contributed by atoms with E-state index in [-0.39, 0.29) is 6.04 Å². The standard InChI is InChI=1S/C14H17F4NOS/c1-3-21-7-6-9(2)19-13(20)11-8-10(14(16,17)18)4-5-12(11)15/h4-5,8-9H,3,6-7H2,1-2H3,(H,19,20). The lowest BCUT2D eigenvalue weighted by molar-refractivity contribution is -0.137. The van der Waals surface area contributed by atoms with Gasteiger partial charge in [0.2, 0.25) is 0 Å². The molecule has 0 fully saturated rings. The van der Waals surface area contributed by atoms with Crippen molar-refractivity contribution in [2.24, 2.45) is 0 Å². The van der Waals surface area contributed by atoms with Crippen molar-refractivity contribution in [1.29, 1.82) is 0 Å². The molecule has 0 aliphatic carbocycles. The second kappa shape index (κ2) is 7.68. The Kier molecular flexibility index (Phi) is 6.51. The molecule has 0 bridgehead atoms. The molecule has 0 radical (unpaired) electrons. The molecule has 1 N–H and O–H groups in total. The molecule has 0 saturated heterocycles. The molecule has 0 saturated carbocycles. The molecule has 0 spiro atoms. The van der Waals surface area contributed by atoms with Crippen LogP contribution in [-0.4, -0.2) is 23.5 Å².